The molecule has 0 N–H and O–H groups in total. The molecule has 0 amide bonds. The Morgan fingerprint density at radius 2 is 1.82 bits per heavy atom. The van der Waals surface area contributed by atoms with E-state index in [-0.39, 0.29) is 22.8 Å². The van der Waals surface area contributed by atoms with Gasteiger partial charge in [-0.1, -0.05) is 41.9 Å². The summed E-state index contributed by atoms with van der Waals surface area (Å²) in [7, 11) is 3.39. The number of hydrogen-bond acceptors (Lipinski definition) is 8. The van der Waals surface area contributed by atoms with Crippen LogP contribution in [0.4, 0.5) is 10.2 Å². The number of anilines is 1. The van der Waals surface area contributed by atoms with Crippen molar-refractivity contribution in [2.45, 2.75) is 49.9 Å². The molecule has 3 saturated heterocycles. The van der Waals surface area contributed by atoms with Crippen LogP contribution in [0.3, 0.4) is 0 Å². The van der Waals surface area contributed by atoms with Gasteiger partial charge in [0.05, 0.1) is 17.5 Å². The number of pyridine rings is 1. The zero-order valence-corrected chi connectivity index (χ0v) is 25.9. The van der Waals surface area contributed by atoms with E-state index >= 15 is 4.39 Å². The fourth-order valence-corrected chi connectivity index (χ4v) is 8.73. The molecule has 44 heavy (non-hydrogen) atoms. The van der Waals surface area contributed by atoms with E-state index in [1.807, 2.05) is 36.4 Å². The Morgan fingerprint density at radius 3 is 2.59 bits per heavy atom. The summed E-state index contributed by atoms with van der Waals surface area (Å²) >= 11 is 6.63. The van der Waals surface area contributed by atoms with E-state index in [0.29, 0.717) is 53.2 Å². The molecule has 1 saturated carbocycles. The van der Waals surface area contributed by atoms with Crippen molar-refractivity contribution in [1.82, 2.24) is 19.9 Å². The van der Waals surface area contributed by atoms with Crippen molar-refractivity contribution >= 4 is 39.1 Å². The van der Waals surface area contributed by atoms with E-state index in [4.69, 9.17) is 35.8 Å². The standard InChI is InChI=1S/C34H37ClFN5O3/c1-42-34(43-2)18-33(12-5-13-41(33)19-34)20-44-32-38-30-25(31(39-32)40-16-21-10-11-22(14-21)17-40)15-37-29(28(30)36)24-8-3-6-23-7-4-9-26(35)27(23)24/h3-4,6-9,15,21-22H,5,10-14,16-20H2,1-2H3. The monoisotopic (exact) mass is 617 g/mol. The third-order valence-electron chi connectivity index (χ3n) is 10.6. The highest BCUT2D eigenvalue weighted by atomic mass is 35.5. The maximum atomic E-state index is 16.7. The van der Waals surface area contributed by atoms with Crippen molar-refractivity contribution in [3.05, 3.63) is 53.4 Å². The number of piperidine rings is 1. The van der Waals surface area contributed by atoms with E-state index in [1.54, 1.807) is 20.4 Å². The Kier molecular flexibility index (Phi) is 6.94. The van der Waals surface area contributed by atoms with Crippen LogP contribution in [0.5, 0.6) is 6.01 Å². The first-order valence-corrected chi connectivity index (χ1v) is 16.1. The molecule has 3 aliphatic heterocycles. The third kappa shape index (κ3) is 4.54. The number of nitrogens with zero attached hydrogens (tertiary/aromatic N) is 5. The predicted octanol–water partition coefficient (Wildman–Crippen LogP) is 6.48. The Hall–Kier alpha value is -3.11. The van der Waals surface area contributed by atoms with Gasteiger partial charge in [0.25, 0.3) is 0 Å². The molecule has 1 aliphatic carbocycles. The fourth-order valence-electron chi connectivity index (χ4n) is 8.45. The molecular formula is C34H37ClFN5O3. The maximum Gasteiger partial charge on any atom is 0.319 e. The number of fused-ring (bicyclic) bond motifs is 5. The molecule has 0 radical (unpaired) electrons. The Labute approximate surface area is 261 Å². The molecule has 8 nitrogen and oxygen atoms in total. The van der Waals surface area contributed by atoms with Crippen molar-refractivity contribution in [2.24, 2.45) is 11.8 Å². The lowest BCUT2D eigenvalue weighted by atomic mass is 9.93. The molecular weight excluding hydrogens is 581 g/mol. The van der Waals surface area contributed by atoms with Gasteiger partial charge >= 0.3 is 6.01 Å². The Morgan fingerprint density at radius 1 is 1.05 bits per heavy atom. The van der Waals surface area contributed by atoms with E-state index in [1.165, 1.54) is 19.3 Å². The lowest BCUT2D eigenvalue weighted by molar-refractivity contribution is -0.198. The second-order valence-corrected chi connectivity index (χ2v) is 13.5. The van der Waals surface area contributed by atoms with Crippen LogP contribution in [0.15, 0.2) is 42.6 Å². The summed E-state index contributed by atoms with van der Waals surface area (Å²) in [5.41, 5.74) is 0.809. The minimum absolute atomic E-state index is 0.186. The molecule has 4 fully saturated rings. The molecule has 230 valence electrons. The van der Waals surface area contributed by atoms with E-state index in [2.05, 4.69) is 14.8 Å². The molecule has 4 aliphatic rings. The van der Waals surface area contributed by atoms with Gasteiger partial charge in [0, 0.05) is 55.9 Å². The van der Waals surface area contributed by atoms with Gasteiger partial charge < -0.3 is 19.1 Å². The highest BCUT2D eigenvalue weighted by molar-refractivity contribution is 6.36. The first-order valence-electron chi connectivity index (χ1n) is 15.7. The van der Waals surface area contributed by atoms with Gasteiger partial charge in [0.2, 0.25) is 0 Å². The van der Waals surface area contributed by atoms with Crippen LogP contribution in [0, 0.1) is 17.7 Å². The van der Waals surface area contributed by atoms with E-state index in [9.17, 15) is 0 Å². The number of hydrogen-bond donors (Lipinski definition) is 0. The molecule has 4 aromatic rings. The maximum absolute atomic E-state index is 16.7. The van der Waals surface area contributed by atoms with Gasteiger partial charge in [0.15, 0.2) is 11.6 Å². The number of ether oxygens (including phenoxy) is 3. The minimum Gasteiger partial charge on any atom is -0.461 e. The number of methoxy groups -OCH3 is 2. The third-order valence-corrected chi connectivity index (χ3v) is 11.0. The SMILES string of the molecule is COC1(OC)CN2CCCC2(COc2nc(N3CC4CCC(C4)C3)c3cnc(-c4cccc5cccc(Cl)c45)c(F)c3n2)C1. The van der Waals surface area contributed by atoms with Gasteiger partial charge in [-0.2, -0.15) is 9.97 Å². The van der Waals surface area contributed by atoms with Crippen molar-refractivity contribution < 1.29 is 18.6 Å². The normalized spacial score (nSPS) is 26.1. The molecule has 2 bridgehead atoms. The second-order valence-electron chi connectivity index (χ2n) is 13.1. The van der Waals surface area contributed by atoms with Crippen LogP contribution in [0.1, 0.15) is 38.5 Å². The minimum atomic E-state index is -0.668. The first-order chi connectivity index (χ1) is 21.4. The summed E-state index contributed by atoms with van der Waals surface area (Å²) in [5, 5.41) is 2.84. The van der Waals surface area contributed by atoms with Gasteiger partial charge in [-0.15, -0.1) is 0 Å². The molecule has 2 aromatic carbocycles. The topological polar surface area (TPSA) is 72.8 Å². The first kappa shape index (κ1) is 28.4. The number of halogens is 2. The smallest absolute Gasteiger partial charge is 0.319 e. The second kappa shape index (κ2) is 10.8. The van der Waals surface area contributed by atoms with Gasteiger partial charge in [-0.25, -0.2) is 4.39 Å². The van der Waals surface area contributed by atoms with Crippen LogP contribution >= 0.6 is 11.6 Å². The zero-order chi connectivity index (χ0) is 30.1. The average molecular weight is 618 g/mol. The summed E-state index contributed by atoms with van der Waals surface area (Å²) in [5.74, 6) is 0.782. The number of rotatable bonds is 7. The Balaban J connectivity index is 1.22. The fraction of sp³-hybridized carbons (Fsp3) is 0.500. The summed E-state index contributed by atoms with van der Waals surface area (Å²) in [6.07, 6.45) is 8.15. The zero-order valence-electron chi connectivity index (χ0n) is 25.2. The van der Waals surface area contributed by atoms with Gasteiger partial charge in [-0.3, -0.25) is 9.88 Å². The predicted molar refractivity (Wildman–Crippen MR) is 169 cm³/mol. The number of aromatic nitrogens is 3. The lowest BCUT2D eigenvalue weighted by Gasteiger charge is -2.34. The highest BCUT2D eigenvalue weighted by Gasteiger charge is 2.56. The highest BCUT2D eigenvalue weighted by Crippen LogP contribution is 2.46. The number of benzene rings is 2. The lowest BCUT2D eigenvalue weighted by Crippen LogP contribution is -2.43. The molecule has 0 spiro atoms. The molecule has 5 heterocycles. The summed E-state index contributed by atoms with van der Waals surface area (Å²) in [6, 6.07) is 11.6. The summed E-state index contributed by atoms with van der Waals surface area (Å²) < 4.78 is 34.9. The van der Waals surface area contributed by atoms with E-state index < -0.39 is 11.6 Å². The van der Waals surface area contributed by atoms with Crippen LogP contribution in [0.25, 0.3) is 32.9 Å². The summed E-state index contributed by atoms with van der Waals surface area (Å²) in [6.45, 7) is 3.80. The average Bonchev–Trinajstić information content (AvgIpc) is 3.69. The largest absolute Gasteiger partial charge is 0.461 e. The van der Waals surface area contributed by atoms with Crippen molar-refractivity contribution in [1.29, 1.82) is 0 Å². The van der Waals surface area contributed by atoms with Crippen molar-refractivity contribution in [2.75, 3.05) is 51.9 Å². The molecule has 8 rings (SSSR count). The van der Waals surface area contributed by atoms with Crippen LogP contribution in [-0.4, -0.2) is 78.2 Å². The van der Waals surface area contributed by atoms with Crippen LogP contribution < -0.4 is 9.64 Å². The van der Waals surface area contributed by atoms with Crippen molar-refractivity contribution in [3.63, 3.8) is 0 Å². The molecule has 10 heteroatoms. The van der Waals surface area contributed by atoms with Crippen LogP contribution in [0.2, 0.25) is 5.02 Å². The van der Waals surface area contributed by atoms with Crippen LogP contribution in [-0.2, 0) is 9.47 Å². The molecule has 2 aromatic heterocycles. The molecule has 3 unspecified atom stereocenters. The quantitative estimate of drug-likeness (QED) is 0.218. The van der Waals surface area contributed by atoms with Gasteiger partial charge in [0.1, 0.15) is 23.6 Å². The molecule has 3 atom stereocenters. The van der Waals surface area contributed by atoms with E-state index in [0.717, 1.165) is 43.2 Å². The van der Waals surface area contributed by atoms with Gasteiger partial charge in [-0.05, 0) is 61.9 Å². The van der Waals surface area contributed by atoms with Crippen molar-refractivity contribution in [3.8, 4) is 17.3 Å². The summed E-state index contributed by atoms with van der Waals surface area (Å²) in [4.78, 5) is 19.1. The Bertz CT molecular complexity index is 1730.